The standard InChI is InChI=1S/C21H20N2O7/c1-3-10-22-18(12-8-9-15(24)14(11-12)23(28)29)17(20(26)21(22)27)19(25)13-6-4-5-7-16(13)30-2/h4-9,11,18,24-25H,3,10H2,1-2H3/b19-17-. The molecule has 1 fully saturated rings. The number of aromatic hydroxyl groups is 1. The van der Waals surface area contributed by atoms with Crippen LogP contribution in [0.5, 0.6) is 11.5 Å². The van der Waals surface area contributed by atoms with Gasteiger partial charge < -0.3 is 19.8 Å². The summed E-state index contributed by atoms with van der Waals surface area (Å²) >= 11 is 0. The molecule has 0 radical (unpaired) electrons. The van der Waals surface area contributed by atoms with Gasteiger partial charge >= 0.3 is 5.69 Å². The van der Waals surface area contributed by atoms with Crippen molar-refractivity contribution in [3.8, 4) is 11.5 Å². The molecule has 9 nitrogen and oxygen atoms in total. The highest BCUT2D eigenvalue weighted by Crippen LogP contribution is 2.42. The lowest BCUT2D eigenvalue weighted by Crippen LogP contribution is -2.30. The number of Topliss-reactive ketones (excluding diaryl/α,β-unsaturated/α-hetero) is 1. The average molecular weight is 412 g/mol. The number of rotatable bonds is 6. The van der Waals surface area contributed by atoms with Crippen molar-refractivity contribution in [3.05, 3.63) is 69.3 Å². The first-order valence-electron chi connectivity index (χ1n) is 9.20. The molecule has 156 valence electrons. The number of nitro groups is 1. The van der Waals surface area contributed by atoms with Gasteiger partial charge in [-0.05, 0) is 30.2 Å². The Kier molecular flexibility index (Phi) is 5.72. The van der Waals surface area contributed by atoms with Crippen LogP contribution in [0.3, 0.4) is 0 Å². The number of ketones is 1. The maximum absolute atomic E-state index is 12.8. The lowest BCUT2D eigenvalue weighted by atomic mass is 9.94. The predicted octanol–water partition coefficient (Wildman–Crippen LogP) is 3.14. The number of carbonyl (C=O) groups excluding carboxylic acids is 2. The van der Waals surface area contributed by atoms with Gasteiger partial charge in [-0.3, -0.25) is 19.7 Å². The number of carbonyl (C=O) groups is 2. The maximum atomic E-state index is 12.8. The van der Waals surface area contributed by atoms with E-state index in [-0.39, 0.29) is 23.2 Å². The Morgan fingerprint density at radius 3 is 2.57 bits per heavy atom. The van der Waals surface area contributed by atoms with Crippen LogP contribution < -0.4 is 4.74 Å². The number of methoxy groups -OCH3 is 1. The maximum Gasteiger partial charge on any atom is 0.311 e. The average Bonchev–Trinajstić information content (AvgIpc) is 2.98. The number of amides is 1. The second kappa shape index (κ2) is 8.24. The molecule has 1 aliphatic rings. The molecule has 2 aromatic carbocycles. The van der Waals surface area contributed by atoms with Gasteiger partial charge in [-0.25, -0.2) is 0 Å². The quantitative estimate of drug-likeness (QED) is 0.245. The zero-order valence-electron chi connectivity index (χ0n) is 16.4. The summed E-state index contributed by atoms with van der Waals surface area (Å²) in [6.07, 6.45) is 0.526. The number of para-hydroxylation sites is 1. The third-order valence-electron chi connectivity index (χ3n) is 4.88. The van der Waals surface area contributed by atoms with E-state index in [1.807, 2.05) is 6.92 Å². The summed E-state index contributed by atoms with van der Waals surface area (Å²) in [4.78, 5) is 37.3. The summed E-state index contributed by atoms with van der Waals surface area (Å²) in [5.41, 5.74) is -0.318. The third kappa shape index (κ3) is 3.45. The highest BCUT2D eigenvalue weighted by Gasteiger charge is 2.46. The van der Waals surface area contributed by atoms with Crippen molar-refractivity contribution < 1.29 is 29.5 Å². The Bertz CT molecular complexity index is 1060. The largest absolute Gasteiger partial charge is 0.507 e. The Labute approximate surface area is 172 Å². The molecular formula is C21H20N2O7. The van der Waals surface area contributed by atoms with E-state index in [0.29, 0.717) is 12.2 Å². The molecule has 1 saturated heterocycles. The molecule has 2 aromatic rings. The molecule has 9 heteroatoms. The Morgan fingerprint density at radius 1 is 1.23 bits per heavy atom. The monoisotopic (exact) mass is 412 g/mol. The fraction of sp³-hybridized carbons (Fsp3) is 0.238. The van der Waals surface area contributed by atoms with E-state index >= 15 is 0 Å². The molecule has 3 rings (SSSR count). The van der Waals surface area contributed by atoms with Crippen LogP contribution in [-0.4, -0.2) is 45.4 Å². The molecule has 0 aliphatic carbocycles. The first-order chi connectivity index (χ1) is 14.3. The van der Waals surface area contributed by atoms with E-state index in [0.717, 1.165) is 12.1 Å². The number of aliphatic hydroxyl groups excluding tert-OH is 1. The van der Waals surface area contributed by atoms with Crippen LogP contribution in [0.25, 0.3) is 5.76 Å². The number of phenols is 1. The molecule has 1 unspecified atom stereocenters. The number of nitrogens with zero attached hydrogens (tertiary/aromatic N) is 2. The predicted molar refractivity (Wildman–Crippen MR) is 107 cm³/mol. The lowest BCUT2D eigenvalue weighted by Gasteiger charge is -2.25. The molecule has 2 N–H and O–H groups in total. The van der Waals surface area contributed by atoms with Gasteiger partial charge in [0.05, 0.1) is 29.2 Å². The minimum Gasteiger partial charge on any atom is -0.507 e. The molecule has 0 bridgehead atoms. The van der Waals surface area contributed by atoms with Gasteiger partial charge in [0.1, 0.15) is 11.5 Å². The second-order valence-corrected chi connectivity index (χ2v) is 6.70. The summed E-state index contributed by atoms with van der Waals surface area (Å²) in [6.45, 7) is 2.02. The Morgan fingerprint density at radius 2 is 1.93 bits per heavy atom. The number of aliphatic hydroxyl groups is 1. The minimum atomic E-state index is -1.05. The number of hydrogen-bond donors (Lipinski definition) is 2. The number of hydrogen-bond acceptors (Lipinski definition) is 7. The van der Waals surface area contributed by atoms with Crippen molar-refractivity contribution in [2.75, 3.05) is 13.7 Å². The molecule has 0 aromatic heterocycles. The van der Waals surface area contributed by atoms with Gasteiger partial charge in [0.2, 0.25) is 0 Å². The van der Waals surface area contributed by atoms with E-state index in [9.17, 15) is 29.9 Å². The molecular weight excluding hydrogens is 392 g/mol. The molecule has 1 aliphatic heterocycles. The first kappa shape index (κ1) is 20.8. The molecule has 1 heterocycles. The highest BCUT2D eigenvalue weighted by atomic mass is 16.6. The second-order valence-electron chi connectivity index (χ2n) is 6.70. The van der Waals surface area contributed by atoms with Crippen molar-refractivity contribution in [3.63, 3.8) is 0 Å². The summed E-state index contributed by atoms with van der Waals surface area (Å²) in [5, 5.41) is 32.0. The van der Waals surface area contributed by atoms with E-state index in [4.69, 9.17) is 4.74 Å². The Hall–Kier alpha value is -3.88. The van der Waals surface area contributed by atoms with Gasteiger partial charge in [0.15, 0.2) is 5.75 Å². The van der Waals surface area contributed by atoms with Gasteiger partial charge in [0, 0.05) is 12.6 Å². The van der Waals surface area contributed by atoms with Crippen molar-refractivity contribution in [1.82, 2.24) is 4.90 Å². The van der Waals surface area contributed by atoms with E-state index in [1.165, 1.54) is 24.1 Å². The van der Waals surface area contributed by atoms with Crippen LogP contribution in [-0.2, 0) is 9.59 Å². The molecule has 0 spiro atoms. The van der Waals surface area contributed by atoms with Crippen LogP contribution in [0.1, 0.15) is 30.5 Å². The van der Waals surface area contributed by atoms with Crippen LogP contribution in [0.15, 0.2) is 48.0 Å². The van der Waals surface area contributed by atoms with Crippen LogP contribution in [0, 0.1) is 10.1 Å². The van der Waals surface area contributed by atoms with E-state index in [1.54, 1.807) is 18.2 Å². The topological polar surface area (TPSA) is 130 Å². The fourth-order valence-corrected chi connectivity index (χ4v) is 3.54. The van der Waals surface area contributed by atoms with Crippen LogP contribution >= 0.6 is 0 Å². The molecule has 0 saturated carbocycles. The molecule has 30 heavy (non-hydrogen) atoms. The zero-order valence-corrected chi connectivity index (χ0v) is 16.4. The molecule has 1 atom stereocenters. The SMILES string of the molecule is CCCN1C(=O)C(=O)/C(=C(\O)c2ccccc2OC)C1c1ccc(O)c([N+](=O)[O-])c1. The van der Waals surface area contributed by atoms with E-state index in [2.05, 4.69) is 0 Å². The van der Waals surface area contributed by atoms with Crippen molar-refractivity contribution in [2.45, 2.75) is 19.4 Å². The Balaban J connectivity index is 2.27. The van der Waals surface area contributed by atoms with Gasteiger partial charge in [-0.15, -0.1) is 0 Å². The van der Waals surface area contributed by atoms with Gasteiger partial charge in [-0.2, -0.15) is 0 Å². The third-order valence-corrected chi connectivity index (χ3v) is 4.88. The number of nitro benzene ring substituents is 1. The van der Waals surface area contributed by atoms with Crippen molar-refractivity contribution in [2.24, 2.45) is 0 Å². The van der Waals surface area contributed by atoms with Crippen molar-refractivity contribution in [1.29, 1.82) is 0 Å². The van der Waals surface area contributed by atoms with Gasteiger partial charge in [-0.1, -0.05) is 25.1 Å². The summed E-state index contributed by atoms with van der Waals surface area (Å²) in [6, 6.07) is 9.03. The van der Waals surface area contributed by atoms with Gasteiger partial charge in [0.25, 0.3) is 11.7 Å². The number of ether oxygens (including phenoxy) is 1. The molecule has 1 amide bonds. The van der Waals surface area contributed by atoms with E-state index < -0.39 is 39.9 Å². The smallest absolute Gasteiger partial charge is 0.311 e. The number of likely N-dealkylation sites (tertiary alicyclic amines) is 1. The minimum absolute atomic E-state index is 0.196. The van der Waals surface area contributed by atoms with Crippen LogP contribution in [0.4, 0.5) is 5.69 Å². The first-order valence-corrected chi connectivity index (χ1v) is 9.20. The van der Waals surface area contributed by atoms with Crippen LogP contribution in [0.2, 0.25) is 0 Å². The van der Waals surface area contributed by atoms with Crippen molar-refractivity contribution >= 4 is 23.1 Å². The summed E-state index contributed by atoms with van der Waals surface area (Å²) in [5.74, 6) is -2.39. The summed E-state index contributed by atoms with van der Waals surface area (Å²) in [7, 11) is 1.41. The fourth-order valence-electron chi connectivity index (χ4n) is 3.54. The zero-order chi connectivity index (χ0) is 22.0. The number of benzene rings is 2. The normalized spacial score (nSPS) is 17.9. The summed E-state index contributed by atoms with van der Waals surface area (Å²) < 4.78 is 5.24. The highest BCUT2D eigenvalue weighted by molar-refractivity contribution is 6.46. The lowest BCUT2D eigenvalue weighted by molar-refractivity contribution is -0.385. The number of phenolic OH excluding ortho intramolecular Hbond substituents is 1.